The van der Waals surface area contributed by atoms with E-state index in [0.29, 0.717) is 5.11 Å². The molecule has 0 saturated carbocycles. The second-order valence-corrected chi connectivity index (χ2v) is 6.99. The molecule has 2 N–H and O–H groups in total. The van der Waals surface area contributed by atoms with Crippen LogP contribution in [0, 0.1) is 0 Å². The highest BCUT2D eigenvalue weighted by molar-refractivity contribution is 7.80. The molecular weight excluding hydrogens is 334 g/mol. The Balaban J connectivity index is 1.73. The van der Waals surface area contributed by atoms with Crippen LogP contribution in [0.25, 0.3) is 0 Å². The molecule has 0 aromatic heterocycles. The number of ether oxygens (including phenoxy) is 1. The number of likely N-dealkylation sites (tertiary alicyclic amines) is 1. The van der Waals surface area contributed by atoms with Crippen molar-refractivity contribution in [2.45, 2.75) is 45.6 Å². The van der Waals surface area contributed by atoms with Crippen molar-refractivity contribution >= 4 is 28.9 Å². The average molecular weight is 364 g/mol. The zero-order chi connectivity index (χ0) is 18.1. The second-order valence-electron chi connectivity index (χ2n) is 6.58. The third-order valence-electron chi connectivity index (χ3n) is 4.09. The molecule has 0 bridgehead atoms. The van der Waals surface area contributed by atoms with Crippen LogP contribution in [0.5, 0.6) is 0 Å². The molecule has 0 unspecified atom stereocenters. The van der Waals surface area contributed by atoms with Crippen LogP contribution in [0.15, 0.2) is 24.3 Å². The molecule has 1 fully saturated rings. The number of benzene rings is 1. The topological polar surface area (TPSA) is 53.6 Å². The summed E-state index contributed by atoms with van der Waals surface area (Å²) >= 11 is 5.29. The Morgan fingerprint density at radius 2 is 1.88 bits per heavy atom. The maximum atomic E-state index is 12.4. The van der Waals surface area contributed by atoms with Crippen LogP contribution in [-0.2, 0) is 4.74 Å². The minimum atomic E-state index is 0.122. The van der Waals surface area contributed by atoms with Crippen LogP contribution in [0.4, 0.5) is 5.69 Å². The molecule has 2 rings (SSSR count). The van der Waals surface area contributed by atoms with E-state index in [1.165, 1.54) is 6.42 Å². The van der Waals surface area contributed by atoms with Gasteiger partial charge in [0.15, 0.2) is 5.11 Å². The highest BCUT2D eigenvalue weighted by atomic mass is 32.1. The van der Waals surface area contributed by atoms with Crippen molar-refractivity contribution in [3.63, 3.8) is 0 Å². The van der Waals surface area contributed by atoms with E-state index in [4.69, 9.17) is 17.0 Å². The van der Waals surface area contributed by atoms with Gasteiger partial charge in [0.05, 0.1) is 6.10 Å². The lowest BCUT2D eigenvalue weighted by Gasteiger charge is -2.26. The number of carbonyl (C=O) groups is 1. The van der Waals surface area contributed by atoms with Crippen molar-refractivity contribution in [3.8, 4) is 0 Å². The van der Waals surface area contributed by atoms with E-state index in [2.05, 4.69) is 10.6 Å². The number of carbonyl (C=O) groups excluding carboxylic acids is 1. The van der Waals surface area contributed by atoms with Gasteiger partial charge in [-0.15, -0.1) is 0 Å². The van der Waals surface area contributed by atoms with Gasteiger partial charge < -0.3 is 20.3 Å². The summed E-state index contributed by atoms with van der Waals surface area (Å²) in [6, 6.07) is 7.51. The number of nitrogens with one attached hydrogen (secondary N) is 2. The number of amides is 1. The molecule has 1 aromatic rings. The number of rotatable bonds is 7. The van der Waals surface area contributed by atoms with Gasteiger partial charge in [0, 0.05) is 37.5 Å². The molecular formula is C19H29N3O2S. The first-order valence-electron chi connectivity index (χ1n) is 9.12. The molecule has 138 valence electrons. The number of thiocarbonyl (C=S) groups is 1. The molecule has 25 heavy (non-hydrogen) atoms. The average Bonchev–Trinajstić information content (AvgIpc) is 2.62. The van der Waals surface area contributed by atoms with Gasteiger partial charge in [-0.05, 0) is 76.0 Å². The molecule has 0 atom stereocenters. The lowest BCUT2D eigenvalue weighted by Crippen LogP contribution is -2.35. The van der Waals surface area contributed by atoms with Crippen LogP contribution in [-0.4, -0.2) is 48.3 Å². The molecule has 6 heteroatoms. The molecule has 0 spiro atoms. The first-order chi connectivity index (χ1) is 12.1. The lowest BCUT2D eigenvalue weighted by molar-refractivity contribution is 0.0724. The van der Waals surface area contributed by atoms with E-state index in [9.17, 15) is 4.79 Å². The Morgan fingerprint density at radius 3 is 2.52 bits per heavy atom. The van der Waals surface area contributed by atoms with E-state index >= 15 is 0 Å². The minimum absolute atomic E-state index is 0.122. The molecule has 1 aromatic carbocycles. The first-order valence-corrected chi connectivity index (χ1v) is 9.53. The lowest BCUT2D eigenvalue weighted by atomic mass is 10.1. The quantitative estimate of drug-likeness (QED) is 0.574. The molecule has 5 nitrogen and oxygen atoms in total. The Bertz CT molecular complexity index is 554. The smallest absolute Gasteiger partial charge is 0.253 e. The van der Waals surface area contributed by atoms with Crippen LogP contribution in [0.3, 0.4) is 0 Å². The van der Waals surface area contributed by atoms with Crippen molar-refractivity contribution in [1.29, 1.82) is 0 Å². The van der Waals surface area contributed by atoms with E-state index in [1.807, 2.05) is 43.0 Å². The summed E-state index contributed by atoms with van der Waals surface area (Å²) in [6.45, 7) is 7.28. The van der Waals surface area contributed by atoms with Gasteiger partial charge in [0.2, 0.25) is 0 Å². The number of anilines is 1. The summed E-state index contributed by atoms with van der Waals surface area (Å²) in [5, 5.41) is 6.88. The third-order valence-corrected chi connectivity index (χ3v) is 4.34. The molecule has 1 aliphatic heterocycles. The largest absolute Gasteiger partial charge is 0.379 e. The van der Waals surface area contributed by atoms with Crippen LogP contribution in [0.1, 0.15) is 49.9 Å². The zero-order valence-corrected chi connectivity index (χ0v) is 16.0. The van der Waals surface area contributed by atoms with Crippen molar-refractivity contribution in [2.75, 3.05) is 31.6 Å². The molecule has 0 aliphatic carbocycles. The van der Waals surface area contributed by atoms with Crippen LogP contribution in [0.2, 0.25) is 0 Å². The fourth-order valence-corrected chi connectivity index (χ4v) is 2.96. The number of piperidine rings is 1. The Kier molecular flexibility index (Phi) is 8.15. The van der Waals surface area contributed by atoms with Gasteiger partial charge in [-0.25, -0.2) is 0 Å². The highest BCUT2D eigenvalue weighted by Crippen LogP contribution is 2.15. The van der Waals surface area contributed by atoms with Crippen molar-refractivity contribution in [3.05, 3.63) is 29.8 Å². The summed E-state index contributed by atoms with van der Waals surface area (Å²) in [7, 11) is 0. The first kappa shape index (κ1) is 19.7. The maximum Gasteiger partial charge on any atom is 0.253 e. The SMILES string of the molecule is CC(C)OCCCNC(=S)Nc1ccc(C(=O)N2CCCCC2)cc1. The fraction of sp³-hybridized carbons (Fsp3) is 0.579. The van der Waals surface area contributed by atoms with E-state index in [0.717, 1.165) is 56.8 Å². The van der Waals surface area contributed by atoms with E-state index in [-0.39, 0.29) is 12.0 Å². The number of hydrogen-bond donors (Lipinski definition) is 2. The van der Waals surface area contributed by atoms with Gasteiger partial charge in [-0.2, -0.15) is 0 Å². The highest BCUT2D eigenvalue weighted by Gasteiger charge is 2.17. The van der Waals surface area contributed by atoms with Gasteiger partial charge in [0.25, 0.3) is 5.91 Å². The molecule has 1 aliphatic rings. The summed E-state index contributed by atoms with van der Waals surface area (Å²) in [6.07, 6.45) is 4.60. The third kappa shape index (κ3) is 7.00. The van der Waals surface area contributed by atoms with Gasteiger partial charge in [-0.3, -0.25) is 4.79 Å². The van der Waals surface area contributed by atoms with Crippen LogP contribution >= 0.6 is 12.2 Å². The molecule has 0 radical (unpaired) electrons. The summed E-state index contributed by atoms with van der Waals surface area (Å²) in [5.41, 5.74) is 1.61. The number of hydrogen-bond acceptors (Lipinski definition) is 3. The Hall–Kier alpha value is -1.66. The zero-order valence-electron chi connectivity index (χ0n) is 15.2. The molecule has 1 heterocycles. The Morgan fingerprint density at radius 1 is 1.20 bits per heavy atom. The fourth-order valence-electron chi connectivity index (χ4n) is 2.74. The van der Waals surface area contributed by atoms with Gasteiger partial charge in [-0.1, -0.05) is 0 Å². The van der Waals surface area contributed by atoms with Crippen LogP contribution < -0.4 is 10.6 Å². The predicted molar refractivity (Wildman–Crippen MR) is 106 cm³/mol. The van der Waals surface area contributed by atoms with E-state index in [1.54, 1.807) is 0 Å². The van der Waals surface area contributed by atoms with Gasteiger partial charge >= 0.3 is 0 Å². The summed E-state index contributed by atoms with van der Waals surface area (Å²) in [5.74, 6) is 0.122. The summed E-state index contributed by atoms with van der Waals surface area (Å²) in [4.78, 5) is 14.4. The second kappa shape index (κ2) is 10.4. The predicted octanol–water partition coefficient (Wildman–Crippen LogP) is 3.41. The van der Waals surface area contributed by atoms with E-state index < -0.39 is 0 Å². The molecule has 1 saturated heterocycles. The maximum absolute atomic E-state index is 12.4. The Labute approximate surface area is 156 Å². The standard InChI is InChI=1S/C19H29N3O2S/c1-15(2)24-14-6-11-20-19(25)21-17-9-7-16(8-10-17)18(23)22-12-4-3-5-13-22/h7-10,15H,3-6,11-14H2,1-2H3,(H2,20,21,25). The van der Waals surface area contributed by atoms with Crippen molar-refractivity contribution in [2.24, 2.45) is 0 Å². The van der Waals surface area contributed by atoms with Gasteiger partial charge in [0.1, 0.15) is 0 Å². The monoisotopic (exact) mass is 363 g/mol. The normalized spacial score (nSPS) is 14.4. The van der Waals surface area contributed by atoms with Crippen molar-refractivity contribution < 1.29 is 9.53 Å². The molecule has 1 amide bonds. The minimum Gasteiger partial charge on any atom is -0.379 e. The van der Waals surface area contributed by atoms with Crippen molar-refractivity contribution in [1.82, 2.24) is 10.2 Å². The number of nitrogens with zero attached hydrogens (tertiary/aromatic N) is 1. The summed E-state index contributed by atoms with van der Waals surface area (Å²) < 4.78 is 5.49.